The van der Waals surface area contributed by atoms with Gasteiger partial charge in [0.1, 0.15) is 0 Å². The molecule has 2 bridgehead atoms. The third kappa shape index (κ3) is 1.51. The molecule has 3 aliphatic carbocycles. The summed E-state index contributed by atoms with van der Waals surface area (Å²) < 4.78 is 11.0. The molecule has 93 valence electrons. The fraction of sp³-hybridized carbons (Fsp3) is 1.00. The van der Waals surface area contributed by atoms with E-state index in [0.717, 1.165) is 17.9 Å². The minimum absolute atomic E-state index is 0.496. The molecule has 16 heavy (non-hydrogen) atoms. The molecule has 0 spiro atoms. The summed E-state index contributed by atoms with van der Waals surface area (Å²) >= 11 is 0. The van der Waals surface area contributed by atoms with Crippen LogP contribution >= 0.6 is 0 Å². The van der Waals surface area contributed by atoms with E-state index in [1.807, 2.05) is 0 Å². The van der Waals surface area contributed by atoms with Crippen molar-refractivity contribution >= 4 is 9.28 Å². The van der Waals surface area contributed by atoms with Crippen molar-refractivity contribution in [1.82, 2.24) is 0 Å². The van der Waals surface area contributed by atoms with Crippen LogP contribution in [-0.4, -0.2) is 23.5 Å². The van der Waals surface area contributed by atoms with E-state index in [2.05, 4.69) is 20.8 Å². The van der Waals surface area contributed by atoms with Crippen LogP contribution in [0.2, 0.25) is 6.04 Å². The van der Waals surface area contributed by atoms with Gasteiger partial charge < -0.3 is 8.85 Å². The number of hydrogen-bond donors (Lipinski definition) is 0. The van der Waals surface area contributed by atoms with Gasteiger partial charge in [-0.3, -0.25) is 0 Å². The summed E-state index contributed by atoms with van der Waals surface area (Å²) in [5.74, 6) is 1.78. The predicted octanol–water partition coefficient (Wildman–Crippen LogP) is 3.23. The van der Waals surface area contributed by atoms with Crippen molar-refractivity contribution in [2.75, 3.05) is 14.2 Å². The van der Waals surface area contributed by atoms with Gasteiger partial charge in [0.05, 0.1) is 0 Å². The van der Waals surface area contributed by atoms with Gasteiger partial charge in [-0.1, -0.05) is 20.8 Å². The van der Waals surface area contributed by atoms with Crippen molar-refractivity contribution in [2.45, 2.75) is 46.1 Å². The van der Waals surface area contributed by atoms with E-state index in [4.69, 9.17) is 8.85 Å². The highest BCUT2D eigenvalue weighted by molar-refractivity contribution is 6.44. The standard InChI is InChI=1S/C13H25O2Si/c1-10-6-7-11-8-13(10,12(11,2)3)9-16(14-4)15-5/h10-11H,6-9H2,1-5H3. The van der Waals surface area contributed by atoms with Crippen molar-refractivity contribution in [3.8, 4) is 0 Å². The average Bonchev–Trinajstić information content (AvgIpc) is 2.27. The Morgan fingerprint density at radius 2 is 1.81 bits per heavy atom. The Morgan fingerprint density at radius 1 is 1.19 bits per heavy atom. The predicted molar refractivity (Wildman–Crippen MR) is 67.3 cm³/mol. The first kappa shape index (κ1) is 12.6. The summed E-state index contributed by atoms with van der Waals surface area (Å²) in [7, 11) is 2.55. The Balaban J connectivity index is 2.15. The van der Waals surface area contributed by atoms with Gasteiger partial charge in [-0.05, 0) is 48.0 Å². The maximum absolute atomic E-state index is 5.51. The molecule has 0 heterocycles. The van der Waals surface area contributed by atoms with Crippen molar-refractivity contribution in [2.24, 2.45) is 22.7 Å². The summed E-state index contributed by atoms with van der Waals surface area (Å²) in [6.45, 7) is 7.35. The molecule has 0 aliphatic heterocycles. The quantitative estimate of drug-likeness (QED) is 0.704. The first-order valence-corrected chi connectivity index (χ1v) is 7.94. The highest BCUT2D eigenvalue weighted by Crippen LogP contribution is 2.71. The highest BCUT2D eigenvalue weighted by Gasteiger charge is 2.64. The lowest BCUT2D eigenvalue weighted by Crippen LogP contribution is -2.62. The van der Waals surface area contributed by atoms with E-state index in [0.29, 0.717) is 10.8 Å². The van der Waals surface area contributed by atoms with Crippen LogP contribution in [0.5, 0.6) is 0 Å². The lowest BCUT2D eigenvalue weighted by molar-refractivity contribution is -0.184. The van der Waals surface area contributed by atoms with E-state index in [9.17, 15) is 0 Å². The van der Waals surface area contributed by atoms with Crippen molar-refractivity contribution in [1.29, 1.82) is 0 Å². The zero-order valence-electron chi connectivity index (χ0n) is 11.3. The maximum atomic E-state index is 5.51. The number of rotatable bonds is 4. The van der Waals surface area contributed by atoms with E-state index < -0.39 is 9.28 Å². The van der Waals surface area contributed by atoms with Crippen LogP contribution in [0.25, 0.3) is 0 Å². The number of hydrogen-bond acceptors (Lipinski definition) is 2. The van der Waals surface area contributed by atoms with Gasteiger partial charge in [-0.25, -0.2) is 0 Å². The molecule has 3 heteroatoms. The van der Waals surface area contributed by atoms with Crippen LogP contribution in [0.1, 0.15) is 40.0 Å². The maximum Gasteiger partial charge on any atom is 0.384 e. The molecule has 0 aromatic rings. The summed E-state index contributed by atoms with van der Waals surface area (Å²) in [4.78, 5) is 0. The Labute approximate surface area is 102 Å². The third-order valence-corrected chi connectivity index (χ3v) is 7.55. The van der Waals surface area contributed by atoms with Gasteiger partial charge >= 0.3 is 9.28 Å². The Morgan fingerprint density at radius 3 is 2.25 bits per heavy atom. The largest absolute Gasteiger partial charge is 0.397 e. The molecule has 0 aromatic carbocycles. The van der Waals surface area contributed by atoms with E-state index in [1.165, 1.54) is 19.3 Å². The average molecular weight is 241 g/mol. The smallest absolute Gasteiger partial charge is 0.384 e. The molecular formula is C13H25O2Si. The molecule has 3 aliphatic rings. The van der Waals surface area contributed by atoms with Gasteiger partial charge in [0.15, 0.2) is 0 Å². The summed E-state index contributed by atoms with van der Waals surface area (Å²) in [6, 6.07) is 1.16. The van der Waals surface area contributed by atoms with E-state index >= 15 is 0 Å². The fourth-order valence-electron chi connectivity index (χ4n) is 4.22. The molecule has 3 atom stereocenters. The summed E-state index contributed by atoms with van der Waals surface area (Å²) in [5.41, 5.74) is 0.994. The van der Waals surface area contributed by atoms with Crippen LogP contribution in [0.4, 0.5) is 0 Å². The molecule has 0 amide bonds. The Hall–Kier alpha value is 0.137. The lowest BCUT2D eigenvalue weighted by atomic mass is 9.37. The molecule has 3 rings (SSSR count). The van der Waals surface area contributed by atoms with Gasteiger partial charge in [0, 0.05) is 14.2 Å². The van der Waals surface area contributed by atoms with Crippen LogP contribution in [-0.2, 0) is 8.85 Å². The van der Waals surface area contributed by atoms with Crippen molar-refractivity contribution in [3.63, 3.8) is 0 Å². The summed E-state index contributed by atoms with van der Waals surface area (Å²) in [6.07, 6.45) is 4.23. The monoisotopic (exact) mass is 241 g/mol. The van der Waals surface area contributed by atoms with Gasteiger partial charge in [0.25, 0.3) is 0 Å². The third-order valence-electron chi connectivity index (χ3n) is 5.72. The van der Waals surface area contributed by atoms with Crippen LogP contribution in [0.15, 0.2) is 0 Å². The Bertz CT molecular complexity index is 263. The fourth-order valence-corrected chi connectivity index (χ4v) is 6.14. The molecule has 1 radical (unpaired) electrons. The zero-order valence-corrected chi connectivity index (χ0v) is 12.3. The molecule has 2 nitrogen and oxygen atoms in total. The normalized spacial score (nSPS) is 40.9. The first-order valence-electron chi connectivity index (χ1n) is 6.41. The Kier molecular flexibility index (Phi) is 3.23. The van der Waals surface area contributed by atoms with Crippen molar-refractivity contribution in [3.05, 3.63) is 0 Å². The SMILES string of the molecule is CO[Si](CC12CC(CCC1C)C2(C)C)OC. The first-order chi connectivity index (χ1) is 7.48. The zero-order chi connectivity index (χ0) is 12.0. The van der Waals surface area contributed by atoms with Gasteiger partial charge in [0.2, 0.25) is 0 Å². The number of fused-ring (bicyclic) bond motifs is 2. The molecule has 3 unspecified atom stereocenters. The molecule has 0 saturated heterocycles. The van der Waals surface area contributed by atoms with Crippen LogP contribution in [0, 0.1) is 22.7 Å². The molecule has 0 aromatic heterocycles. The second kappa shape index (κ2) is 4.11. The lowest BCUT2D eigenvalue weighted by Gasteiger charge is -2.69. The van der Waals surface area contributed by atoms with Crippen molar-refractivity contribution < 1.29 is 8.85 Å². The summed E-state index contributed by atoms with van der Waals surface area (Å²) in [5, 5.41) is 0. The highest BCUT2D eigenvalue weighted by atomic mass is 28.3. The molecule has 3 saturated carbocycles. The van der Waals surface area contributed by atoms with E-state index in [-0.39, 0.29) is 0 Å². The second-order valence-corrected chi connectivity index (χ2v) is 8.13. The molecule has 0 N–H and O–H groups in total. The van der Waals surface area contributed by atoms with Gasteiger partial charge in [-0.2, -0.15) is 0 Å². The topological polar surface area (TPSA) is 18.5 Å². The van der Waals surface area contributed by atoms with Crippen LogP contribution < -0.4 is 0 Å². The van der Waals surface area contributed by atoms with Crippen LogP contribution in [0.3, 0.4) is 0 Å². The molecular weight excluding hydrogens is 216 g/mol. The van der Waals surface area contributed by atoms with E-state index in [1.54, 1.807) is 14.2 Å². The van der Waals surface area contributed by atoms with Gasteiger partial charge in [-0.15, -0.1) is 0 Å². The molecule has 3 fully saturated rings. The minimum atomic E-state index is -1.05. The minimum Gasteiger partial charge on any atom is -0.397 e. The second-order valence-electron chi connectivity index (χ2n) is 6.21.